The maximum atomic E-state index is 13.8. The van der Waals surface area contributed by atoms with Crippen LogP contribution in [0.2, 0.25) is 0 Å². The van der Waals surface area contributed by atoms with Gasteiger partial charge in [-0.2, -0.15) is 13.2 Å². The molecule has 3 aromatic rings. The Morgan fingerprint density at radius 2 is 1.82 bits per heavy atom. The normalized spacial score (nSPS) is 12.0. The van der Waals surface area contributed by atoms with Gasteiger partial charge in [0.15, 0.2) is 11.4 Å². The van der Waals surface area contributed by atoms with E-state index in [-0.39, 0.29) is 23.2 Å². The first-order valence-corrected chi connectivity index (χ1v) is 6.30. The van der Waals surface area contributed by atoms with Gasteiger partial charge >= 0.3 is 11.9 Å². The van der Waals surface area contributed by atoms with Crippen LogP contribution in [0.3, 0.4) is 0 Å². The van der Waals surface area contributed by atoms with Gasteiger partial charge in [0.2, 0.25) is 0 Å². The monoisotopic (exact) mass is 311 g/mol. The minimum Gasteiger partial charge on any atom is -0.408 e. The summed E-state index contributed by atoms with van der Waals surface area (Å²) in [5.41, 5.74) is -0.615. The lowest BCUT2D eigenvalue weighted by molar-refractivity contribution is -0.137. The Bertz CT molecular complexity index is 892. The minimum atomic E-state index is -4.48. The molecule has 0 atom stereocenters. The number of hydrogen-bond acceptors (Lipinski definition) is 2. The van der Waals surface area contributed by atoms with E-state index in [0.717, 1.165) is 22.8 Å². The highest BCUT2D eigenvalue weighted by Gasteiger charge is 2.30. The molecule has 0 N–H and O–H groups in total. The first-order valence-electron chi connectivity index (χ1n) is 6.30. The van der Waals surface area contributed by atoms with E-state index in [1.807, 2.05) is 0 Å². The molecule has 114 valence electrons. The Morgan fingerprint density at radius 1 is 1.09 bits per heavy atom. The van der Waals surface area contributed by atoms with Crippen LogP contribution >= 0.6 is 0 Å². The molecular formula is C15H9F4NO2. The quantitative estimate of drug-likeness (QED) is 0.675. The van der Waals surface area contributed by atoms with Gasteiger partial charge in [-0.15, -0.1) is 0 Å². The second-order valence-corrected chi connectivity index (χ2v) is 4.74. The average molecular weight is 311 g/mol. The molecule has 0 radical (unpaired) electrons. The van der Waals surface area contributed by atoms with Gasteiger partial charge in [-0.05, 0) is 29.8 Å². The van der Waals surface area contributed by atoms with Crippen LogP contribution in [0.1, 0.15) is 11.1 Å². The molecule has 0 spiro atoms. The Kier molecular flexibility index (Phi) is 3.27. The second-order valence-electron chi connectivity index (χ2n) is 4.74. The third kappa shape index (κ3) is 2.49. The molecule has 7 heteroatoms. The molecule has 0 aliphatic rings. The highest BCUT2D eigenvalue weighted by atomic mass is 19.4. The van der Waals surface area contributed by atoms with E-state index in [4.69, 9.17) is 4.42 Å². The predicted octanol–water partition coefficient (Wildman–Crippen LogP) is 3.80. The highest BCUT2D eigenvalue weighted by molar-refractivity contribution is 5.73. The Labute approximate surface area is 121 Å². The summed E-state index contributed by atoms with van der Waals surface area (Å²) in [7, 11) is 0. The summed E-state index contributed by atoms with van der Waals surface area (Å²) in [4.78, 5) is 11.8. The molecule has 0 saturated heterocycles. The summed E-state index contributed by atoms with van der Waals surface area (Å²) in [6, 6.07) is 8.48. The molecule has 22 heavy (non-hydrogen) atoms. The van der Waals surface area contributed by atoms with Gasteiger partial charge in [0.25, 0.3) is 0 Å². The van der Waals surface area contributed by atoms with Crippen molar-refractivity contribution in [2.24, 2.45) is 0 Å². The molecule has 0 aliphatic carbocycles. The number of aromatic nitrogens is 1. The van der Waals surface area contributed by atoms with Crippen molar-refractivity contribution in [3.05, 3.63) is 70.0 Å². The van der Waals surface area contributed by atoms with Crippen molar-refractivity contribution in [1.82, 2.24) is 4.57 Å². The van der Waals surface area contributed by atoms with Crippen LogP contribution in [-0.4, -0.2) is 4.57 Å². The first-order chi connectivity index (χ1) is 10.4. The number of benzene rings is 2. The van der Waals surface area contributed by atoms with Gasteiger partial charge in [0, 0.05) is 0 Å². The first kappa shape index (κ1) is 14.4. The lowest BCUT2D eigenvalue weighted by atomic mass is 10.1. The number of halogens is 4. The van der Waals surface area contributed by atoms with Gasteiger partial charge in [0.1, 0.15) is 5.52 Å². The number of oxazole rings is 1. The van der Waals surface area contributed by atoms with Crippen molar-refractivity contribution in [3.8, 4) is 0 Å². The van der Waals surface area contributed by atoms with E-state index >= 15 is 0 Å². The van der Waals surface area contributed by atoms with Crippen LogP contribution in [0.5, 0.6) is 0 Å². The maximum Gasteiger partial charge on any atom is 0.420 e. The summed E-state index contributed by atoms with van der Waals surface area (Å²) in [5.74, 6) is -1.49. The van der Waals surface area contributed by atoms with Gasteiger partial charge in [-0.25, -0.2) is 9.18 Å². The highest BCUT2D eigenvalue weighted by Crippen LogP contribution is 2.29. The molecule has 1 heterocycles. The fourth-order valence-electron chi connectivity index (χ4n) is 2.25. The van der Waals surface area contributed by atoms with Gasteiger partial charge in [-0.1, -0.05) is 18.2 Å². The van der Waals surface area contributed by atoms with E-state index in [1.54, 1.807) is 0 Å². The van der Waals surface area contributed by atoms with Crippen molar-refractivity contribution in [2.75, 3.05) is 0 Å². The van der Waals surface area contributed by atoms with Crippen LogP contribution in [0, 0.1) is 5.82 Å². The Hall–Kier alpha value is -2.57. The topological polar surface area (TPSA) is 35.1 Å². The van der Waals surface area contributed by atoms with Crippen LogP contribution in [0.25, 0.3) is 11.1 Å². The van der Waals surface area contributed by atoms with Crippen LogP contribution < -0.4 is 5.76 Å². The van der Waals surface area contributed by atoms with Crippen molar-refractivity contribution in [3.63, 3.8) is 0 Å². The van der Waals surface area contributed by atoms with Gasteiger partial charge in [0.05, 0.1) is 12.1 Å². The van der Waals surface area contributed by atoms with Gasteiger partial charge < -0.3 is 4.42 Å². The molecule has 0 unspecified atom stereocenters. The summed E-state index contributed by atoms with van der Waals surface area (Å²) in [6.45, 7) is -0.212. The molecule has 0 saturated carbocycles. The largest absolute Gasteiger partial charge is 0.420 e. The average Bonchev–Trinajstić information content (AvgIpc) is 2.76. The molecule has 0 amide bonds. The Balaban J connectivity index is 2.08. The van der Waals surface area contributed by atoms with Crippen LogP contribution in [0.4, 0.5) is 17.6 Å². The van der Waals surface area contributed by atoms with Crippen molar-refractivity contribution < 1.29 is 22.0 Å². The standard InChI is InChI=1S/C15H9F4NO2/c16-11-5-2-6-12-13(11)20(14(21)22-12)8-9-3-1-4-10(7-9)15(17,18)19/h1-7H,8H2. The van der Waals surface area contributed by atoms with Crippen molar-refractivity contribution in [1.29, 1.82) is 0 Å². The maximum absolute atomic E-state index is 13.8. The van der Waals surface area contributed by atoms with E-state index < -0.39 is 23.3 Å². The smallest absolute Gasteiger partial charge is 0.408 e. The molecule has 3 rings (SSSR count). The Morgan fingerprint density at radius 3 is 2.55 bits per heavy atom. The van der Waals surface area contributed by atoms with Gasteiger partial charge in [-0.3, -0.25) is 4.57 Å². The lowest BCUT2D eigenvalue weighted by Crippen LogP contribution is -2.16. The zero-order valence-electron chi connectivity index (χ0n) is 11.0. The number of para-hydroxylation sites is 1. The fraction of sp³-hybridized carbons (Fsp3) is 0.133. The number of nitrogens with zero attached hydrogens (tertiary/aromatic N) is 1. The minimum absolute atomic E-state index is 0.0528. The van der Waals surface area contributed by atoms with E-state index in [9.17, 15) is 22.4 Å². The summed E-state index contributed by atoms with van der Waals surface area (Å²) < 4.78 is 57.8. The molecule has 0 aliphatic heterocycles. The van der Waals surface area contributed by atoms with E-state index in [0.29, 0.717) is 0 Å². The lowest BCUT2D eigenvalue weighted by Gasteiger charge is -2.09. The number of fused-ring (bicyclic) bond motifs is 1. The van der Waals surface area contributed by atoms with E-state index in [1.165, 1.54) is 24.3 Å². The summed E-state index contributed by atoms with van der Waals surface area (Å²) in [6.07, 6.45) is -4.48. The zero-order valence-corrected chi connectivity index (χ0v) is 11.0. The molecule has 0 fully saturated rings. The predicted molar refractivity (Wildman–Crippen MR) is 71.0 cm³/mol. The van der Waals surface area contributed by atoms with E-state index in [2.05, 4.69) is 0 Å². The van der Waals surface area contributed by atoms with Crippen molar-refractivity contribution >= 4 is 11.1 Å². The molecular weight excluding hydrogens is 302 g/mol. The summed E-state index contributed by atoms with van der Waals surface area (Å²) in [5, 5.41) is 0. The number of rotatable bonds is 2. The molecule has 0 bridgehead atoms. The van der Waals surface area contributed by atoms with Crippen LogP contribution in [-0.2, 0) is 12.7 Å². The third-order valence-corrected chi connectivity index (χ3v) is 3.23. The fourth-order valence-corrected chi connectivity index (χ4v) is 2.25. The van der Waals surface area contributed by atoms with Crippen molar-refractivity contribution in [2.45, 2.75) is 12.7 Å². The third-order valence-electron chi connectivity index (χ3n) is 3.23. The zero-order chi connectivity index (χ0) is 15.9. The number of alkyl halides is 3. The second kappa shape index (κ2) is 5.01. The molecule has 2 aromatic carbocycles. The number of hydrogen-bond donors (Lipinski definition) is 0. The SMILES string of the molecule is O=c1oc2cccc(F)c2n1Cc1cccc(C(F)(F)F)c1. The molecule has 3 nitrogen and oxygen atoms in total. The molecule has 1 aromatic heterocycles. The van der Waals surface area contributed by atoms with Crippen LogP contribution in [0.15, 0.2) is 51.7 Å². The summed E-state index contributed by atoms with van der Waals surface area (Å²) >= 11 is 0.